The van der Waals surface area contributed by atoms with Gasteiger partial charge in [0, 0.05) is 29.2 Å². The van der Waals surface area contributed by atoms with Crippen molar-refractivity contribution in [2.75, 3.05) is 22.1 Å². The molecule has 1 heterocycles. The molecular weight excluding hydrogens is 369 g/mol. The van der Waals surface area contributed by atoms with Crippen LogP contribution in [0.4, 0.5) is 26.2 Å². The normalized spacial score (nSPS) is 12.8. The molecule has 5 nitrogen and oxygen atoms in total. The summed E-state index contributed by atoms with van der Waals surface area (Å²) < 4.78 is 13.0. The number of hydrogen-bond acceptors (Lipinski definition) is 2. The van der Waals surface area contributed by atoms with E-state index in [-0.39, 0.29) is 11.7 Å². The van der Waals surface area contributed by atoms with Gasteiger partial charge in [-0.25, -0.2) is 9.18 Å². The smallest absolute Gasteiger partial charge is 0.308 e. The van der Waals surface area contributed by atoms with Crippen LogP contribution in [0.5, 0.6) is 0 Å². The molecule has 4 rings (SSSR count). The molecule has 0 saturated heterocycles. The Kier molecular flexibility index (Phi) is 5.24. The summed E-state index contributed by atoms with van der Waals surface area (Å²) in [6.45, 7) is 0.665. The first kappa shape index (κ1) is 18.7. The zero-order chi connectivity index (χ0) is 20.2. The lowest BCUT2D eigenvalue weighted by atomic mass is 10.00. The van der Waals surface area contributed by atoms with Crippen LogP contribution >= 0.6 is 0 Å². The third-order valence-electron chi connectivity index (χ3n) is 4.82. The highest BCUT2D eigenvalue weighted by atomic mass is 19.1. The Hall–Kier alpha value is -3.67. The van der Waals surface area contributed by atoms with Gasteiger partial charge in [0.05, 0.1) is 0 Å². The Morgan fingerprint density at radius 1 is 0.862 bits per heavy atom. The molecule has 0 bridgehead atoms. The van der Waals surface area contributed by atoms with Gasteiger partial charge in [-0.2, -0.15) is 0 Å². The molecule has 0 fully saturated rings. The van der Waals surface area contributed by atoms with Gasteiger partial charge in [-0.3, -0.25) is 4.79 Å². The minimum atomic E-state index is -0.412. The second kappa shape index (κ2) is 8.14. The highest BCUT2D eigenvalue weighted by Gasteiger charge is 2.23. The van der Waals surface area contributed by atoms with Gasteiger partial charge in [0.1, 0.15) is 5.82 Å². The van der Waals surface area contributed by atoms with E-state index in [0.29, 0.717) is 23.5 Å². The molecule has 0 radical (unpaired) electrons. The third kappa shape index (κ3) is 4.27. The van der Waals surface area contributed by atoms with Crippen molar-refractivity contribution >= 4 is 29.0 Å². The van der Waals surface area contributed by atoms with E-state index in [0.717, 1.165) is 24.1 Å². The largest absolute Gasteiger partial charge is 0.323 e. The molecule has 3 amide bonds. The molecule has 0 aromatic heterocycles. The highest BCUT2D eigenvalue weighted by Crippen LogP contribution is 2.31. The number of aryl methyl sites for hydroxylation is 1. The summed E-state index contributed by atoms with van der Waals surface area (Å²) in [5.74, 6) is -0.387. The van der Waals surface area contributed by atoms with Crippen molar-refractivity contribution in [1.82, 2.24) is 0 Å². The van der Waals surface area contributed by atoms with Crippen molar-refractivity contribution < 1.29 is 14.0 Å². The molecule has 0 atom stereocenters. The van der Waals surface area contributed by atoms with Crippen molar-refractivity contribution in [3.63, 3.8) is 0 Å². The van der Waals surface area contributed by atoms with Gasteiger partial charge in [-0.1, -0.05) is 18.2 Å². The number of benzene rings is 3. The second-order valence-corrected chi connectivity index (χ2v) is 6.86. The van der Waals surface area contributed by atoms with Crippen LogP contribution in [0.15, 0.2) is 72.8 Å². The zero-order valence-corrected chi connectivity index (χ0v) is 15.7. The molecule has 0 spiro atoms. The number of carbonyl (C=O) groups excluding carboxylic acids is 2. The summed E-state index contributed by atoms with van der Waals surface area (Å²) in [4.78, 5) is 26.9. The Bertz CT molecular complexity index is 1040. The van der Waals surface area contributed by atoms with Gasteiger partial charge in [-0.15, -0.1) is 0 Å². The summed E-state index contributed by atoms with van der Waals surface area (Å²) in [7, 11) is 0. The molecule has 1 aliphatic rings. The number of urea groups is 1. The maximum absolute atomic E-state index is 13.0. The molecule has 0 unspecified atom stereocenters. The number of nitrogens with zero attached hydrogens (tertiary/aromatic N) is 1. The standard InChI is InChI=1S/C23H20FN3O2/c24-18-8-10-19(11-9-18)25-23(29)26-20-12-13-21-17(15-20)7-4-14-27(21)22(28)16-5-2-1-3-6-16/h1-3,5-6,8-13,15H,4,7,14H2,(H2,25,26,29). The van der Waals surface area contributed by atoms with E-state index >= 15 is 0 Å². The van der Waals surface area contributed by atoms with Crippen LogP contribution in [-0.4, -0.2) is 18.5 Å². The van der Waals surface area contributed by atoms with Crippen LogP contribution < -0.4 is 15.5 Å². The van der Waals surface area contributed by atoms with E-state index in [9.17, 15) is 14.0 Å². The van der Waals surface area contributed by atoms with Crippen molar-refractivity contribution in [3.8, 4) is 0 Å². The third-order valence-corrected chi connectivity index (χ3v) is 4.82. The van der Waals surface area contributed by atoms with Crippen LogP contribution in [0, 0.1) is 5.82 Å². The minimum absolute atomic E-state index is 0.0266. The number of hydrogen-bond donors (Lipinski definition) is 2. The average Bonchev–Trinajstić information content (AvgIpc) is 2.75. The van der Waals surface area contributed by atoms with Crippen LogP contribution in [0.2, 0.25) is 0 Å². The number of anilines is 3. The van der Waals surface area contributed by atoms with E-state index in [1.165, 1.54) is 24.3 Å². The van der Waals surface area contributed by atoms with E-state index in [1.807, 2.05) is 42.5 Å². The first-order valence-electron chi connectivity index (χ1n) is 9.43. The topological polar surface area (TPSA) is 61.4 Å². The summed E-state index contributed by atoms with van der Waals surface area (Å²) >= 11 is 0. The van der Waals surface area contributed by atoms with E-state index < -0.39 is 6.03 Å². The molecule has 2 N–H and O–H groups in total. The first-order chi connectivity index (χ1) is 14.1. The van der Waals surface area contributed by atoms with Gasteiger partial charge in [0.2, 0.25) is 0 Å². The Labute approximate surface area is 168 Å². The van der Waals surface area contributed by atoms with Crippen molar-refractivity contribution in [2.24, 2.45) is 0 Å². The molecule has 3 aromatic carbocycles. The van der Waals surface area contributed by atoms with Crippen LogP contribution in [-0.2, 0) is 6.42 Å². The predicted molar refractivity (Wildman–Crippen MR) is 112 cm³/mol. The Morgan fingerprint density at radius 2 is 1.55 bits per heavy atom. The SMILES string of the molecule is O=C(Nc1ccc(F)cc1)Nc1ccc2c(c1)CCCN2C(=O)c1ccccc1. The maximum atomic E-state index is 13.0. The molecular formula is C23H20FN3O2. The summed E-state index contributed by atoms with van der Waals surface area (Å²) in [6, 6.07) is 19.9. The van der Waals surface area contributed by atoms with Crippen LogP contribution in [0.25, 0.3) is 0 Å². The lowest BCUT2D eigenvalue weighted by Crippen LogP contribution is -2.35. The molecule has 0 aliphatic carbocycles. The first-order valence-corrected chi connectivity index (χ1v) is 9.43. The maximum Gasteiger partial charge on any atom is 0.323 e. The average molecular weight is 389 g/mol. The van der Waals surface area contributed by atoms with Gasteiger partial charge in [0.15, 0.2) is 0 Å². The number of halogens is 1. The number of fused-ring (bicyclic) bond motifs is 1. The molecule has 146 valence electrons. The number of amides is 3. The van der Waals surface area contributed by atoms with Gasteiger partial charge >= 0.3 is 6.03 Å². The fraction of sp³-hybridized carbons (Fsp3) is 0.130. The quantitative estimate of drug-likeness (QED) is 0.658. The summed E-state index contributed by atoms with van der Waals surface area (Å²) in [5.41, 5.74) is 3.68. The molecule has 0 saturated carbocycles. The Morgan fingerprint density at radius 3 is 2.31 bits per heavy atom. The number of rotatable bonds is 3. The number of nitrogens with one attached hydrogen (secondary N) is 2. The van der Waals surface area contributed by atoms with E-state index in [2.05, 4.69) is 10.6 Å². The molecule has 6 heteroatoms. The van der Waals surface area contributed by atoms with Crippen molar-refractivity contribution in [2.45, 2.75) is 12.8 Å². The fourth-order valence-corrected chi connectivity index (χ4v) is 3.45. The molecule has 3 aromatic rings. The minimum Gasteiger partial charge on any atom is -0.308 e. The summed E-state index contributed by atoms with van der Waals surface area (Å²) in [6.07, 6.45) is 1.69. The lowest BCUT2D eigenvalue weighted by Gasteiger charge is -2.30. The summed E-state index contributed by atoms with van der Waals surface area (Å²) in [5, 5.41) is 5.45. The van der Waals surface area contributed by atoms with E-state index in [4.69, 9.17) is 0 Å². The van der Waals surface area contributed by atoms with E-state index in [1.54, 1.807) is 11.0 Å². The van der Waals surface area contributed by atoms with Crippen molar-refractivity contribution in [1.29, 1.82) is 0 Å². The zero-order valence-electron chi connectivity index (χ0n) is 15.7. The second-order valence-electron chi connectivity index (χ2n) is 6.86. The predicted octanol–water partition coefficient (Wildman–Crippen LogP) is 5.06. The monoisotopic (exact) mass is 389 g/mol. The van der Waals surface area contributed by atoms with Gasteiger partial charge in [0.25, 0.3) is 5.91 Å². The van der Waals surface area contributed by atoms with Gasteiger partial charge in [-0.05, 0) is 73.0 Å². The van der Waals surface area contributed by atoms with Crippen LogP contribution in [0.1, 0.15) is 22.3 Å². The molecule has 29 heavy (non-hydrogen) atoms. The lowest BCUT2D eigenvalue weighted by molar-refractivity contribution is 0.0985. The number of carbonyl (C=O) groups is 2. The van der Waals surface area contributed by atoms with Crippen LogP contribution in [0.3, 0.4) is 0 Å². The molecule has 1 aliphatic heterocycles. The highest BCUT2D eigenvalue weighted by molar-refractivity contribution is 6.07. The fourth-order valence-electron chi connectivity index (χ4n) is 3.45. The van der Waals surface area contributed by atoms with Gasteiger partial charge < -0.3 is 15.5 Å². The Balaban J connectivity index is 1.48. The van der Waals surface area contributed by atoms with Crippen molar-refractivity contribution in [3.05, 3.63) is 89.7 Å².